The third-order valence-corrected chi connectivity index (χ3v) is 6.45. The highest BCUT2D eigenvalue weighted by Crippen LogP contribution is 2.28. The van der Waals surface area contributed by atoms with E-state index < -0.39 is 5.91 Å². The van der Waals surface area contributed by atoms with Crippen LogP contribution in [0.3, 0.4) is 0 Å². The second-order valence-corrected chi connectivity index (χ2v) is 9.14. The first-order valence-electron chi connectivity index (χ1n) is 12.2. The van der Waals surface area contributed by atoms with E-state index in [9.17, 15) is 14.7 Å². The Morgan fingerprint density at radius 3 is 2.79 bits per heavy atom. The largest absolute Gasteiger partial charge is 0.506 e. The third kappa shape index (κ3) is 6.79. The smallest absolute Gasteiger partial charge is 0.271 e. The van der Waals surface area contributed by atoms with Crippen LogP contribution in [0.4, 0.5) is 0 Å². The molecule has 196 valence electrons. The Bertz CT molecular complexity index is 1380. The summed E-state index contributed by atoms with van der Waals surface area (Å²) in [6.07, 6.45) is 3.61. The lowest BCUT2D eigenvalue weighted by Crippen LogP contribution is -2.40. The minimum Gasteiger partial charge on any atom is -0.506 e. The number of carbonyl (C=O) groups excluding carboxylic acids is 2. The van der Waals surface area contributed by atoms with Crippen molar-refractivity contribution in [3.8, 4) is 17.6 Å². The maximum Gasteiger partial charge on any atom is 0.271 e. The van der Waals surface area contributed by atoms with Crippen molar-refractivity contribution in [1.82, 2.24) is 10.3 Å². The minimum atomic E-state index is -0.477. The van der Waals surface area contributed by atoms with E-state index in [0.29, 0.717) is 25.4 Å². The lowest BCUT2D eigenvalue weighted by molar-refractivity contribution is -0.134. The van der Waals surface area contributed by atoms with Crippen molar-refractivity contribution in [3.05, 3.63) is 70.7 Å². The highest BCUT2D eigenvalue weighted by Gasteiger charge is 2.23. The van der Waals surface area contributed by atoms with Gasteiger partial charge in [-0.2, -0.15) is 10.4 Å². The number of rotatable bonds is 10. The summed E-state index contributed by atoms with van der Waals surface area (Å²) in [4.78, 5) is 26.9. The van der Waals surface area contributed by atoms with Gasteiger partial charge < -0.3 is 19.5 Å². The molecule has 2 amide bonds. The van der Waals surface area contributed by atoms with Gasteiger partial charge in [0.05, 0.1) is 29.8 Å². The number of carbonyl (C=O) groups is 2. The molecule has 4 rings (SSSR count). The number of benzene rings is 3. The number of halogens is 1. The summed E-state index contributed by atoms with van der Waals surface area (Å²) in [5.74, 6) is -0.261. The Hall–Kier alpha value is -4.13. The van der Waals surface area contributed by atoms with Crippen molar-refractivity contribution < 1.29 is 24.2 Å². The van der Waals surface area contributed by atoms with Crippen LogP contribution in [-0.2, 0) is 9.53 Å². The third-order valence-electron chi connectivity index (χ3n) is 6.14. The lowest BCUT2D eigenvalue weighted by atomic mass is 10.0. The molecular weight excluding hydrogens is 508 g/mol. The number of hydrogen-bond acceptors (Lipinski definition) is 7. The molecule has 38 heavy (non-hydrogen) atoms. The molecule has 3 aromatic rings. The van der Waals surface area contributed by atoms with Gasteiger partial charge in [-0.1, -0.05) is 35.9 Å². The number of amides is 2. The van der Waals surface area contributed by atoms with Crippen LogP contribution in [0.25, 0.3) is 10.8 Å². The summed E-state index contributed by atoms with van der Waals surface area (Å²) in [6, 6.07) is 17.3. The van der Waals surface area contributed by atoms with Crippen molar-refractivity contribution in [2.24, 2.45) is 5.10 Å². The van der Waals surface area contributed by atoms with E-state index in [-0.39, 0.29) is 41.4 Å². The molecule has 0 bridgehead atoms. The van der Waals surface area contributed by atoms with Crippen molar-refractivity contribution >= 4 is 40.4 Å². The number of aromatic hydroxyl groups is 1. The first kappa shape index (κ1) is 26.9. The molecular formula is C28H27ClN4O5. The summed E-state index contributed by atoms with van der Waals surface area (Å²) in [5.41, 5.74) is 3.44. The van der Waals surface area contributed by atoms with Crippen molar-refractivity contribution in [2.45, 2.75) is 25.4 Å². The molecule has 0 aliphatic carbocycles. The summed E-state index contributed by atoms with van der Waals surface area (Å²) in [5, 5.41) is 24.2. The molecule has 0 spiro atoms. The van der Waals surface area contributed by atoms with Gasteiger partial charge in [0.15, 0.2) is 6.61 Å². The zero-order valence-electron chi connectivity index (χ0n) is 20.6. The fraction of sp³-hybridized carbons (Fsp3) is 0.286. The number of hydrogen-bond donors (Lipinski definition) is 2. The Morgan fingerprint density at radius 2 is 2.05 bits per heavy atom. The summed E-state index contributed by atoms with van der Waals surface area (Å²) < 4.78 is 11.6. The molecule has 9 nitrogen and oxygen atoms in total. The van der Waals surface area contributed by atoms with E-state index in [1.165, 1.54) is 24.4 Å². The fourth-order valence-corrected chi connectivity index (χ4v) is 4.35. The van der Waals surface area contributed by atoms with E-state index in [1.54, 1.807) is 17.0 Å². The number of ether oxygens (including phenoxy) is 2. The number of nitrogens with one attached hydrogen (secondary N) is 1. The summed E-state index contributed by atoms with van der Waals surface area (Å²) in [7, 11) is 0. The molecule has 1 unspecified atom stereocenters. The normalized spacial score (nSPS) is 14.9. The number of fused-ring (bicyclic) bond motifs is 1. The van der Waals surface area contributed by atoms with Gasteiger partial charge in [-0.15, -0.1) is 0 Å². The van der Waals surface area contributed by atoms with Crippen molar-refractivity contribution in [2.75, 3.05) is 26.3 Å². The van der Waals surface area contributed by atoms with Crippen LogP contribution in [0, 0.1) is 11.3 Å². The standard InChI is InChI=1S/C28H27ClN4O5/c29-24-15-19(8-10-25(24)34)28(36)32-31-16-20-9-11-26(23-7-2-1-6-22(20)23)38-18-27(35)33(13-4-12-30)17-21-5-3-14-37-21/h1-2,6-11,15-16,21,34H,3-5,13-14,17-18H2,(H,32,36). The Morgan fingerprint density at radius 1 is 1.24 bits per heavy atom. The Labute approximate surface area is 225 Å². The molecule has 3 aromatic carbocycles. The highest BCUT2D eigenvalue weighted by molar-refractivity contribution is 6.32. The van der Waals surface area contributed by atoms with Crippen LogP contribution < -0.4 is 10.2 Å². The second kappa shape index (κ2) is 12.9. The van der Waals surface area contributed by atoms with Gasteiger partial charge in [-0.25, -0.2) is 5.43 Å². The zero-order chi connectivity index (χ0) is 26.9. The average molecular weight is 535 g/mol. The second-order valence-electron chi connectivity index (χ2n) is 8.74. The van der Waals surface area contributed by atoms with Crippen LogP contribution in [0.2, 0.25) is 5.02 Å². The zero-order valence-corrected chi connectivity index (χ0v) is 21.4. The lowest BCUT2D eigenvalue weighted by Gasteiger charge is -2.24. The maximum atomic E-state index is 12.9. The molecule has 0 saturated carbocycles. The van der Waals surface area contributed by atoms with Crippen LogP contribution in [0.5, 0.6) is 11.5 Å². The molecule has 1 fully saturated rings. The van der Waals surface area contributed by atoms with E-state index >= 15 is 0 Å². The molecule has 1 aliphatic heterocycles. The van der Waals surface area contributed by atoms with E-state index in [2.05, 4.69) is 16.6 Å². The highest BCUT2D eigenvalue weighted by atomic mass is 35.5. The molecule has 10 heteroatoms. The molecule has 1 heterocycles. The predicted octanol–water partition coefficient (Wildman–Crippen LogP) is 4.26. The van der Waals surface area contributed by atoms with Crippen LogP contribution in [0.1, 0.15) is 35.2 Å². The number of phenolic OH excluding ortho intramolecular Hbond substituents is 1. The van der Waals surface area contributed by atoms with E-state index in [4.69, 9.17) is 26.3 Å². The number of nitrogens with zero attached hydrogens (tertiary/aromatic N) is 3. The minimum absolute atomic E-state index is 0.0106. The van der Waals surface area contributed by atoms with Gasteiger partial charge >= 0.3 is 0 Å². The molecule has 0 aromatic heterocycles. The number of nitriles is 1. The average Bonchev–Trinajstić information content (AvgIpc) is 3.45. The first-order chi connectivity index (χ1) is 18.5. The van der Waals surface area contributed by atoms with Gasteiger partial charge in [0.2, 0.25) is 0 Å². The van der Waals surface area contributed by atoms with E-state index in [1.807, 2.05) is 24.3 Å². The molecule has 2 N–H and O–H groups in total. The molecule has 1 atom stereocenters. The fourth-order valence-electron chi connectivity index (χ4n) is 4.17. The van der Waals surface area contributed by atoms with E-state index in [0.717, 1.165) is 29.2 Å². The molecule has 1 saturated heterocycles. The summed E-state index contributed by atoms with van der Waals surface area (Å²) in [6.45, 7) is 1.30. The SMILES string of the molecule is N#CCCN(CC1CCCO1)C(=O)COc1ccc(C=NNC(=O)c2ccc(O)c(Cl)c2)c2ccccc12. The van der Waals surface area contributed by atoms with Gasteiger partial charge in [-0.3, -0.25) is 9.59 Å². The quantitative estimate of drug-likeness (QED) is 0.296. The number of phenols is 1. The van der Waals surface area contributed by atoms with Gasteiger partial charge in [-0.05, 0) is 48.6 Å². The van der Waals surface area contributed by atoms with Gasteiger partial charge in [0.1, 0.15) is 11.5 Å². The number of hydrazone groups is 1. The van der Waals surface area contributed by atoms with Crippen LogP contribution in [0.15, 0.2) is 59.7 Å². The summed E-state index contributed by atoms with van der Waals surface area (Å²) >= 11 is 5.87. The Kier molecular flexibility index (Phi) is 9.14. The topological polar surface area (TPSA) is 124 Å². The molecule has 0 radical (unpaired) electrons. The van der Waals surface area contributed by atoms with Crippen molar-refractivity contribution in [1.29, 1.82) is 5.26 Å². The van der Waals surface area contributed by atoms with Crippen LogP contribution >= 0.6 is 11.6 Å². The first-order valence-corrected chi connectivity index (χ1v) is 12.6. The van der Waals surface area contributed by atoms with Gasteiger partial charge in [0, 0.05) is 36.2 Å². The van der Waals surface area contributed by atoms with Crippen molar-refractivity contribution in [3.63, 3.8) is 0 Å². The van der Waals surface area contributed by atoms with Gasteiger partial charge in [0.25, 0.3) is 11.8 Å². The molecule has 1 aliphatic rings. The monoisotopic (exact) mass is 534 g/mol. The predicted molar refractivity (Wildman–Crippen MR) is 143 cm³/mol. The Balaban J connectivity index is 1.43. The maximum absolute atomic E-state index is 12.9. The van der Waals surface area contributed by atoms with Crippen LogP contribution in [-0.4, -0.2) is 60.4 Å².